The van der Waals surface area contributed by atoms with Crippen molar-refractivity contribution in [2.24, 2.45) is 0 Å². The highest BCUT2D eigenvalue weighted by molar-refractivity contribution is 5.94. The smallest absolute Gasteiger partial charge is 0.276 e. The Balaban J connectivity index is 0.000000251. The van der Waals surface area contributed by atoms with Gasteiger partial charge in [-0.05, 0) is 94.7 Å². The fourth-order valence-corrected chi connectivity index (χ4v) is 4.71. The van der Waals surface area contributed by atoms with Crippen LogP contribution in [0.15, 0.2) is 85.2 Å². The molecule has 0 spiro atoms. The molecule has 0 aliphatic carbocycles. The maximum Gasteiger partial charge on any atom is 0.276 e. The third-order valence-corrected chi connectivity index (χ3v) is 7.48. The van der Waals surface area contributed by atoms with Crippen molar-refractivity contribution in [3.05, 3.63) is 129 Å². The molecule has 46 heavy (non-hydrogen) atoms. The second kappa shape index (κ2) is 17.8. The minimum atomic E-state index is -0.418. The number of rotatable bonds is 12. The molecule has 0 atom stereocenters. The van der Waals surface area contributed by atoms with Gasteiger partial charge in [-0.15, -0.1) is 0 Å². The second-order valence-electron chi connectivity index (χ2n) is 10.3. The van der Waals surface area contributed by atoms with Gasteiger partial charge in [0.1, 0.15) is 0 Å². The number of amides is 2. The van der Waals surface area contributed by atoms with E-state index in [2.05, 4.69) is 9.97 Å². The zero-order valence-electron chi connectivity index (χ0n) is 26.9. The Morgan fingerprint density at radius 2 is 1.30 bits per heavy atom. The van der Waals surface area contributed by atoms with Crippen LogP contribution in [0, 0.1) is 10.1 Å². The van der Waals surface area contributed by atoms with Crippen molar-refractivity contribution >= 4 is 35.3 Å². The van der Waals surface area contributed by atoms with E-state index in [0.717, 1.165) is 29.8 Å². The Labute approximate surface area is 270 Å². The Morgan fingerprint density at radius 3 is 1.83 bits per heavy atom. The van der Waals surface area contributed by atoms with Crippen molar-refractivity contribution in [1.29, 1.82) is 0 Å². The maximum absolute atomic E-state index is 12.2. The molecule has 4 aromatic rings. The van der Waals surface area contributed by atoms with Crippen molar-refractivity contribution in [2.45, 2.75) is 40.5 Å². The van der Waals surface area contributed by atoms with Crippen LogP contribution < -0.4 is 5.73 Å². The zero-order chi connectivity index (χ0) is 33.5. The van der Waals surface area contributed by atoms with E-state index in [0.29, 0.717) is 48.6 Å². The molecule has 2 N–H and O–H groups in total. The van der Waals surface area contributed by atoms with Gasteiger partial charge < -0.3 is 15.5 Å². The van der Waals surface area contributed by atoms with E-state index in [4.69, 9.17) is 5.73 Å². The minimum Gasteiger partial charge on any atom is -0.399 e. The molecule has 0 fully saturated rings. The van der Waals surface area contributed by atoms with E-state index in [1.54, 1.807) is 58.5 Å². The van der Waals surface area contributed by atoms with Crippen molar-refractivity contribution in [1.82, 2.24) is 19.8 Å². The number of carbonyl (C=O) groups is 2. The van der Waals surface area contributed by atoms with Gasteiger partial charge in [0.25, 0.3) is 17.5 Å². The zero-order valence-corrected chi connectivity index (χ0v) is 26.9. The summed E-state index contributed by atoms with van der Waals surface area (Å²) in [6.45, 7) is 10.5. The Morgan fingerprint density at radius 1 is 0.739 bits per heavy atom. The number of nitro benzene ring substituents is 1. The van der Waals surface area contributed by atoms with Gasteiger partial charge in [0.05, 0.1) is 27.3 Å². The van der Waals surface area contributed by atoms with Crippen molar-refractivity contribution < 1.29 is 14.5 Å². The number of aryl methyl sites for hydroxylation is 2. The number of nitro groups is 1. The molecule has 2 aromatic carbocycles. The number of nitrogens with zero attached hydrogens (tertiary/aromatic N) is 5. The van der Waals surface area contributed by atoms with Gasteiger partial charge in [0.15, 0.2) is 0 Å². The molecule has 10 heteroatoms. The van der Waals surface area contributed by atoms with Gasteiger partial charge in [-0.1, -0.05) is 30.3 Å². The highest BCUT2D eigenvalue weighted by Gasteiger charge is 2.14. The van der Waals surface area contributed by atoms with E-state index in [1.807, 2.05) is 64.1 Å². The average molecular weight is 623 g/mol. The molecule has 0 saturated heterocycles. The Bertz CT molecular complexity index is 1610. The number of carbonyl (C=O) groups excluding carboxylic acids is 2. The van der Waals surface area contributed by atoms with Crippen LogP contribution in [0.2, 0.25) is 0 Å². The summed E-state index contributed by atoms with van der Waals surface area (Å²) in [5.41, 5.74) is 11.2. The second-order valence-corrected chi connectivity index (χ2v) is 10.3. The molecule has 10 nitrogen and oxygen atoms in total. The highest BCUT2D eigenvalue weighted by Crippen LogP contribution is 2.20. The molecular weight excluding hydrogens is 580 g/mol. The normalized spacial score (nSPS) is 10.6. The molecule has 0 aliphatic heterocycles. The standard InChI is InChI=1S/C18H19N3O3.C18H23N3O/c1-3-20(4-2)18(22)15-10-12-16(19-13-15)11-9-14-7-5-6-8-17(14)21(23)24;1-3-21(4-2)18(22)15-10-12-16(20-13-15)11-9-14-7-5-6-8-17(14)19/h5-13H,3-4H2,1-2H3;5-8,10,12-13H,3-4,9,11,19H2,1-2H3/b11-9+;. The molecule has 240 valence electrons. The lowest BCUT2D eigenvalue weighted by atomic mass is 10.1. The van der Waals surface area contributed by atoms with Crippen LogP contribution in [-0.4, -0.2) is 62.7 Å². The molecule has 4 rings (SSSR count). The van der Waals surface area contributed by atoms with Gasteiger partial charge >= 0.3 is 0 Å². The Kier molecular flexibility index (Phi) is 13.6. The first-order chi connectivity index (χ1) is 22.2. The molecule has 0 radical (unpaired) electrons. The first kappa shape index (κ1) is 35.1. The largest absolute Gasteiger partial charge is 0.399 e. The van der Waals surface area contributed by atoms with E-state index in [1.165, 1.54) is 12.3 Å². The summed E-state index contributed by atoms with van der Waals surface area (Å²) in [5, 5.41) is 11.0. The molecule has 0 unspecified atom stereocenters. The minimum absolute atomic E-state index is 0.0383. The van der Waals surface area contributed by atoms with E-state index in [-0.39, 0.29) is 17.5 Å². The molecule has 0 bridgehead atoms. The summed E-state index contributed by atoms with van der Waals surface area (Å²) in [6, 6.07) is 21.6. The number of nitrogens with two attached hydrogens (primary N) is 1. The summed E-state index contributed by atoms with van der Waals surface area (Å²) in [7, 11) is 0. The van der Waals surface area contributed by atoms with Crippen LogP contribution in [0.5, 0.6) is 0 Å². The first-order valence-corrected chi connectivity index (χ1v) is 15.5. The number of nitrogen functional groups attached to an aromatic ring is 1. The topological polar surface area (TPSA) is 136 Å². The predicted octanol–water partition coefficient (Wildman–Crippen LogP) is 6.57. The number of hydrogen-bond donors (Lipinski definition) is 1. The highest BCUT2D eigenvalue weighted by atomic mass is 16.6. The number of aromatic nitrogens is 2. The van der Waals surface area contributed by atoms with Gasteiger partial charge in [0.2, 0.25) is 0 Å². The lowest BCUT2D eigenvalue weighted by Crippen LogP contribution is -2.30. The van der Waals surface area contributed by atoms with Crippen LogP contribution in [0.3, 0.4) is 0 Å². The van der Waals surface area contributed by atoms with E-state index < -0.39 is 4.92 Å². The van der Waals surface area contributed by atoms with Crippen molar-refractivity contribution in [2.75, 3.05) is 31.9 Å². The lowest BCUT2D eigenvalue weighted by molar-refractivity contribution is -0.385. The van der Waals surface area contributed by atoms with Gasteiger partial charge in [-0.25, -0.2) is 0 Å². The number of pyridine rings is 2. The summed E-state index contributed by atoms with van der Waals surface area (Å²) >= 11 is 0. The van der Waals surface area contributed by atoms with Crippen LogP contribution >= 0.6 is 0 Å². The SMILES string of the molecule is CCN(CC)C(=O)c1ccc(/C=C/c2ccccc2[N+](=O)[O-])nc1.CCN(CC)C(=O)c1ccc(CCc2ccccc2N)nc1. The average Bonchev–Trinajstić information content (AvgIpc) is 3.09. The van der Waals surface area contributed by atoms with E-state index in [9.17, 15) is 19.7 Å². The fraction of sp³-hybridized carbons (Fsp3) is 0.278. The summed E-state index contributed by atoms with van der Waals surface area (Å²) < 4.78 is 0. The predicted molar refractivity (Wildman–Crippen MR) is 183 cm³/mol. The maximum atomic E-state index is 12.2. The first-order valence-electron chi connectivity index (χ1n) is 15.5. The van der Waals surface area contributed by atoms with Gasteiger partial charge in [-0.2, -0.15) is 0 Å². The quantitative estimate of drug-likeness (QED) is 0.107. The monoisotopic (exact) mass is 622 g/mol. The summed E-state index contributed by atoms with van der Waals surface area (Å²) in [5.74, 6) is -0.0157. The third-order valence-electron chi connectivity index (χ3n) is 7.48. The number of anilines is 1. The van der Waals surface area contributed by atoms with Gasteiger partial charge in [-0.3, -0.25) is 29.7 Å². The number of benzene rings is 2. The summed E-state index contributed by atoms with van der Waals surface area (Å²) in [4.78, 5) is 47.1. The Hall–Kier alpha value is -5.38. The lowest BCUT2D eigenvalue weighted by Gasteiger charge is -2.18. The molecule has 2 heterocycles. The van der Waals surface area contributed by atoms with Crippen LogP contribution in [0.4, 0.5) is 11.4 Å². The number of para-hydroxylation sites is 2. The number of hydrogen-bond acceptors (Lipinski definition) is 7. The van der Waals surface area contributed by atoms with Gasteiger partial charge in [0, 0.05) is 56.0 Å². The van der Waals surface area contributed by atoms with Crippen molar-refractivity contribution in [3.8, 4) is 0 Å². The van der Waals surface area contributed by atoms with Crippen LogP contribution in [0.1, 0.15) is 70.9 Å². The molecule has 2 aromatic heterocycles. The molecular formula is C36H42N6O4. The molecule has 2 amide bonds. The molecule has 0 aliphatic rings. The third kappa shape index (κ3) is 9.82. The van der Waals surface area contributed by atoms with Crippen LogP contribution in [0.25, 0.3) is 12.2 Å². The molecule has 0 saturated carbocycles. The summed E-state index contributed by atoms with van der Waals surface area (Å²) in [6.07, 6.45) is 8.20. The fourth-order valence-electron chi connectivity index (χ4n) is 4.71. The van der Waals surface area contributed by atoms with Crippen molar-refractivity contribution in [3.63, 3.8) is 0 Å². The van der Waals surface area contributed by atoms with Crippen LogP contribution in [-0.2, 0) is 12.8 Å². The van der Waals surface area contributed by atoms with E-state index >= 15 is 0 Å².